The molecule has 0 radical (unpaired) electrons. The van der Waals surface area contributed by atoms with Gasteiger partial charge in [0.05, 0.1) is 7.11 Å². The molecule has 0 aliphatic heterocycles. The number of phenolic OH excluding ortho intramolecular Hbond substituents is 1. The van der Waals surface area contributed by atoms with E-state index in [9.17, 15) is 9.90 Å². The highest BCUT2D eigenvalue weighted by Gasteiger charge is 2.14. The molecule has 0 saturated carbocycles. The summed E-state index contributed by atoms with van der Waals surface area (Å²) in [5.74, 6) is 0.176. The van der Waals surface area contributed by atoms with E-state index in [1.807, 2.05) is 25.1 Å². The summed E-state index contributed by atoms with van der Waals surface area (Å²) in [6.07, 6.45) is 0. The highest BCUT2D eigenvalue weighted by molar-refractivity contribution is 5.94. The van der Waals surface area contributed by atoms with Gasteiger partial charge in [-0.25, -0.2) is 0 Å². The van der Waals surface area contributed by atoms with Crippen LogP contribution in [0.3, 0.4) is 0 Å². The Morgan fingerprint density at radius 1 is 1.24 bits per heavy atom. The molecule has 0 spiro atoms. The van der Waals surface area contributed by atoms with Gasteiger partial charge in [-0.1, -0.05) is 29.8 Å². The fourth-order valence-corrected chi connectivity index (χ4v) is 2.20. The molecule has 0 bridgehead atoms. The number of carbonyl (C=O) groups is 1. The molecule has 0 unspecified atom stereocenters. The molecule has 110 valence electrons. The maximum atomic E-state index is 12.4. The third kappa shape index (κ3) is 3.54. The van der Waals surface area contributed by atoms with Crippen molar-refractivity contribution in [3.05, 3.63) is 59.2 Å². The Bertz CT molecular complexity index is 652. The molecule has 1 N–H and O–H groups in total. The molecular weight excluding hydrogens is 266 g/mol. The van der Waals surface area contributed by atoms with Crippen LogP contribution in [0.4, 0.5) is 0 Å². The van der Waals surface area contributed by atoms with E-state index < -0.39 is 0 Å². The van der Waals surface area contributed by atoms with E-state index in [-0.39, 0.29) is 11.7 Å². The van der Waals surface area contributed by atoms with Crippen LogP contribution in [0.1, 0.15) is 21.5 Å². The first kappa shape index (κ1) is 14.9. The van der Waals surface area contributed by atoms with Crippen molar-refractivity contribution < 1.29 is 14.6 Å². The number of amides is 1. The molecule has 2 rings (SSSR count). The predicted octanol–water partition coefficient (Wildman–Crippen LogP) is 2.98. The summed E-state index contributed by atoms with van der Waals surface area (Å²) in [7, 11) is 3.21. The molecule has 4 nitrogen and oxygen atoms in total. The standard InChI is InChI=1S/C17H19NO3/c1-12-5-4-6-13(9-12)11-18(2)17(20)14-7-8-16(21-3)15(19)10-14/h4-10,19H,11H2,1-3H3. The maximum absolute atomic E-state index is 12.4. The van der Waals surface area contributed by atoms with Crippen LogP contribution in [0.15, 0.2) is 42.5 Å². The van der Waals surface area contributed by atoms with E-state index in [1.165, 1.54) is 13.2 Å². The summed E-state index contributed by atoms with van der Waals surface area (Å²) in [4.78, 5) is 14.0. The minimum atomic E-state index is -0.144. The van der Waals surface area contributed by atoms with Crippen LogP contribution in [0.2, 0.25) is 0 Å². The van der Waals surface area contributed by atoms with Gasteiger partial charge in [-0.05, 0) is 30.7 Å². The summed E-state index contributed by atoms with van der Waals surface area (Å²) in [5, 5.41) is 9.75. The van der Waals surface area contributed by atoms with Gasteiger partial charge in [0.15, 0.2) is 11.5 Å². The average Bonchev–Trinajstić information content (AvgIpc) is 2.46. The van der Waals surface area contributed by atoms with Crippen molar-refractivity contribution in [2.24, 2.45) is 0 Å². The largest absolute Gasteiger partial charge is 0.504 e. The maximum Gasteiger partial charge on any atom is 0.254 e. The second kappa shape index (κ2) is 6.31. The summed E-state index contributed by atoms with van der Waals surface area (Å²) >= 11 is 0. The van der Waals surface area contributed by atoms with Crippen LogP contribution < -0.4 is 4.74 Å². The van der Waals surface area contributed by atoms with E-state index in [4.69, 9.17) is 4.74 Å². The highest BCUT2D eigenvalue weighted by atomic mass is 16.5. The lowest BCUT2D eigenvalue weighted by Crippen LogP contribution is -2.26. The second-order valence-electron chi connectivity index (χ2n) is 5.04. The molecule has 0 aromatic heterocycles. The molecular formula is C17H19NO3. The highest BCUT2D eigenvalue weighted by Crippen LogP contribution is 2.26. The first-order chi connectivity index (χ1) is 10.0. The zero-order valence-corrected chi connectivity index (χ0v) is 12.5. The van der Waals surface area contributed by atoms with Gasteiger partial charge in [-0.15, -0.1) is 0 Å². The number of nitrogens with zero attached hydrogens (tertiary/aromatic N) is 1. The lowest BCUT2D eigenvalue weighted by Gasteiger charge is -2.18. The van der Waals surface area contributed by atoms with E-state index >= 15 is 0 Å². The van der Waals surface area contributed by atoms with Crippen molar-refractivity contribution in [3.8, 4) is 11.5 Å². The van der Waals surface area contributed by atoms with Gasteiger partial charge in [-0.3, -0.25) is 4.79 Å². The van der Waals surface area contributed by atoms with Gasteiger partial charge in [0.1, 0.15) is 0 Å². The molecule has 0 saturated heterocycles. The van der Waals surface area contributed by atoms with Gasteiger partial charge < -0.3 is 14.7 Å². The SMILES string of the molecule is COc1ccc(C(=O)N(C)Cc2cccc(C)c2)cc1O. The molecule has 0 aliphatic carbocycles. The van der Waals surface area contributed by atoms with Crippen LogP contribution in [0, 0.1) is 6.92 Å². The normalized spacial score (nSPS) is 10.2. The topological polar surface area (TPSA) is 49.8 Å². The third-order valence-electron chi connectivity index (χ3n) is 3.27. The quantitative estimate of drug-likeness (QED) is 0.939. The summed E-state index contributed by atoms with van der Waals surface area (Å²) in [6.45, 7) is 2.54. The number of hydrogen-bond acceptors (Lipinski definition) is 3. The number of benzene rings is 2. The molecule has 21 heavy (non-hydrogen) atoms. The van der Waals surface area contributed by atoms with Crippen LogP contribution in [-0.2, 0) is 6.54 Å². The van der Waals surface area contributed by atoms with Crippen molar-refractivity contribution >= 4 is 5.91 Å². The Morgan fingerprint density at radius 2 is 2.00 bits per heavy atom. The number of rotatable bonds is 4. The van der Waals surface area contributed by atoms with Gasteiger partial charge in [-0.2, -0.15) is 0 Å². The number of phenols is 1. The number of carbonyl (C=O) groups excluding carboxylic acids is 1. The number of aryl methyl sites for hydroxylation is 1. The number of ether oxygens (including phenoxy) is 1. The van der Waals surface area contributed by atoms with Gasteiger partial charge in [0.25, 0.3) is 5.91 Å². The third-order valence-corrected chi connectivity index (χ3v) is 3.27. The van der Waals surface area contributed by atoms with Gasteiger partial charge in [0.2, 0.25) is 0 Å². The fourth-order valence-electron chi connectivity index (χ4n) is 2.20. The minimum absolute atomic E-state index is 0.0349. The van der Waals surface area contributed by atoms with E-state index in [2.05, 4.69) is 6.07 Å². The Morgan fingerprint density at radius 3 is 2.62 bits per heavy atom. The lowest BCUT2D eigenvalue weighted by atomic mass is 10.1. The van der Waals surface area contributed by atoms with Crippen LogP contribution in [0.25, 0.3) is 0 Å². The first-order valence-electron chi connectivity index (χ1n) is 6.69. The van der Waals surface area contributed by atoms with Crippen molar-refractivity contribution in [2.75, 3.05) is 14.2 Å². The summed E-state index contributed by atoms with van der Waals surface area (Å²) in [5.41, 5.74) is 2.67. The molecule has 1 amide bonds. The van der Waals surface area contributed by atoms with E-state index in [0.717, 1.165) is 11.1 Å². The fraction of sp³-hybridized carbons (Fsp3) is 0.235. The van der Waals surface area contributed by atoms with Gasteiger partial charge in [0, 0.05) is 19.2 Å². The zero-order valence-electron chi connectivity index (χ0n) is 12.5. The van der Waals surface area contributed by atoms with Gasteiger partial charge >= 0.3 is 0 Å². The molecule has 0 fully saturated rings. The second-order valence-corrected chi connectivity index (χ2v) is 5.04. The Labute approximate surface area is 124 Å². The Balaban J connectivity index is 2.14. The predicted molar refractivity (Wildman–Crippen MR) is 81.6 cm³/mol. The molecule has 2 aromatic carbocycles. The lowest BCUT2D eigenvalue weighted by molar-refractivity contribution is 0.0784. The Hall–Kier alpha value is -2.49. The van der Waals surface area contributed by atoms with Crippen LogP contribution in [0.5, 0.6) is 11.5 Å². The minimum Gasteiger partial charge on any atom is -0.504 e. The average molecular weight is 285 g/mol. The number of aromatic hydroxyl groups is 1. The van der Waals surface area contributed by atoms with Crippen LogP contribution in [-0.4, -0.2) is 30.1 Å². The van der Waals surface area contributed by atoms with Crippen molar-refractivity contribution in [2.45, 2.75) is 13.5 Å². The van der Waals surface area contributed by atoms with E-state index in [0.29, 0.717) is 17.9 Å². The molecule has 0 heterocycles. The molecule has 0 atom stereocenters. The smallest absolute Gasteiger partial charge is 0.254 e. The first-order valence-corrected chi connectivity index (χ1v) is 6.69. The monoisotopic (exact) mass is 285 g/mol. The number of methoxy groups -OCH3 is 1. The number of hydrogen-bond donors (Lipinski definition) is 1. The molecule has 0 aliphatic rings. The van der Waals surface area contributed by atoms with Crippen molar-refractivity contribution in [3.63, 3.8) is 0 Å². The zero-order chi connectivity index (χ0) is 15.4. The van der Waals surface area contributed by atoms with Crippen molar-refractivity contribution in [1.29, 1.82) is 0 Å². The van der Waals surface area contributed by atoms with Crippen molar-refractivity contribution in [1.82, 2.24) is 4.90 Å². The molecule has 4 heteroatoms. The molecule has 2 aromatic rings. The Kier molecular flexibility index (Phi) is 4.48. The summed E-state index contributed by atoms with van der Waals surface area (Å²) in [6, 6.07) is 12.7. The van der Waals surface area contributed by atoms with Crippen LogP contribution >= 0.6 is 0 Å². The summed E-state index contributed by atoms with van der Waals surface area (Å²) < 4.78 is 4.97. The van der Waals surface area contributed by atoms with E-state index in [1.54, 1.807) is 24.1 Å².